The fourth-order valence-corrected chi connectivity index (χ4v) is 1.29. The molecule has 0 aliphatic rings. The largest absolute Gasteiger partial charge is 0.477 e. The van der Waals surface area contributed by atoms with Gasteiger partial charge in [0.15, 0.2) is 0 Å². The summed E-state index contributed by atoms with van der Waals surface area (Å²) >= 11 is 0. The Morgan fingerprint density at radius 2 is 2.16 bits per heavy atom. The van der Waals surface area contributed by atoms with E-state index in [2.05, 4.69) is 15.6 Å². The van der Waals surface area contributed by atoms with Crippen molar-refractivity contribution in [2.45, 2.75) is 6.92 Å². The Bertz CT molecular complexity index is 517. The zero-order chi connectivity index (χ0) is 14.4. The van der Waals surface area contributed by atoms with Crippen molar-refractivity contribution in [2.75, 3.05) is 18.4 Å². The monoisotopic (exact) mass is 268 g/mol. The molecule has 0 bridgehead atoms. The molecule has 1 rings (SSSR count). The normalized spacial score (nSPS) is 9.74. The molecule has 9 heteroatoms. The minimum Gasteiger partial charge on any atom is -0.477 e. The SMILES string of the molecule is CC(=O)NCCNc1cc(C(=O)O)c([N+](=O)[O-])cn1. The molecular weight excluding hydrogens is 256 g/mol. The van der Waals surface area contributed by atoms with Gasteiger partial charge in [-0.25, -0.2) is 9.78 Å². The second-order valence-electron chi connectivity index (χ2n) is 3.56. The van der Waals surface area contributed by atoms with E-state index in [-0.39, 0.29) is 11.7 Å². The Hall–Kier alpha value is -2.71. The van der Waals surface area contributed by atoms with Crippen LogP contribution in [0.1, 0.15) is 17.3 Å². The molecule has 0 aliphatic carbocycles. The number of nitro groups is 1. The highest BCUT2D eigenvalue weighted by Gasteiger charge is 2.20. The number of amides is 1. The van der Waals surface area contributed by atoms with Gasteiger partial charge in [0.1, 0.15) is 17.6 Å². The first kappa shape index (κ1) is 14.4. The Morgan fingerprint density at radius 1 is 1.47 bits per heavy atom. The summed E-state index contributed by atoms with van der Waals surface area (Å²) in [4.78, 5) is 35.0. The molecule has 0 radical (unpaired) electrons. The summed E-state index contributed by atoms with van der Waals surface area (Å²) in [5.41, 5.74) is -1.01. The van der Waals surface area contributed by atoms with Crippen LogP contribution in [-0.2, 0) is 4.79 Å². The minimum absolute atomic E-state index is 0.188. The number of aromatic carboxylic acids is 1. The van der Waals surface area contributed by atoms with Gasteiger partial charge in [0, 0.05) is 26.1 Å². The van der Waals surface area contributed by atoms with Crippen LogP contribution in [0, 0.1) is 10.1 Å². The number of rotatable bonds is 6. The lowest BCUT2D eigenvalue weighted by atomic mass is 10.2. The Balaban J connectivity index is 2.76. The maximum Gasteiger partial charge on any atom is 0.342 e. The summed E-state index contributed by atoms with van der Waals surface area (Å²) in [5, 5.41) is 24.8. The molecule has 3 N–H and O–H groups in total. The van der Waals surface area contributed by atoms with Crippen molar-refractivity contribution >= 4 is 23.4 Å². The van der Waals surface area contributed by atoms with Crippen molar-refractivity contribution in [3.8, 4) is 0 Å². The van der Waals surface area contributed by atoms with Crippen LogP contribution in [0.2, 0.25) is 0 Å². The molecule has 0 spiro atoms. The Morgan fingerprint density at radius 3 is 2.68 bits per heavy atom. The molecule has 1 aromatic heterocycles. The molecule has 0 atom stereocenters. The Kier molecular flexibility index (Phi) is 4.75. The number of hydrogen-bond acceptors (Lipinski definition) is 6. The number of hydrogen-bond donors (Lipinski definition) is 3. The van der Waals surface area contributed by atoms with E-state index in [0.717, 1.165) is 12.3 Å². The van der Waals surface area contributed by atoms with Crippen molar-refractivity contribution in [1.29, 1.82) is 0 Å². The van der Waals surface area contributed by atoms with Gasteiger partial charge >= 0.3 is 11.7 Å². The van der Waals surface area contributed by atoms with E-state index >= 15 is 0 Å². The fourth-order valence-electron chi connectivity index (χ4n) is 1.29. The van der Waals surface area contributed by atoms with Crippen molar-refractivity contribution < 1.29 is 19.6 Å². The number of nitrogens with one attached hydrogen (secondary N) is 2. The summed E-state index contributed by atoms with van der Waals surface area (Å²) in [5.74, 6) is -1.41. The van der Waals surface area contributed by atoms with Gasteiger partial charge in [0.25, 0.3) is 0 Å². The number of carboxylic acids is 1. The number of carbonyl (C=O) groups is 2. The van der Waals surface area contributed by atoms with Gasteiger partial charge in [-0.3, -0.25) is 14.9 Å². The van der Waals surface area contributed by atoms with Crippen molar-refractivity contribution in [3.63, 3.8) is 0 Å². The van der Waals surface area contributed by atoms with Crippen LogP contribution in [0.5, 0.6) is 0 Å². The van der Waals surface area contributed by atoms with E-state index in [0.29, 0.717) is 13.1 Å². The van der Waals surface area contributed by atoms with Crippen molar-refractivity contribution in [1.82, 2.24) is 10.3 Å². The third-order valence-electron chi connectivity index (χ3n) is 2.12. The van der Waals surface area contributed by atoms with E-state index in [9.17, 15) is 19.7 Å². The quantitative estimate of drug-likeness (QED) is 0.382. The van der Waals surface area contributed by atoms with E-state index < -0.39 is 22.1 Å². The average molecular weight is 268 g/mol. The number of pyridine rings is 1. The number of nitrogens with zero attached hydrogens (tertiary/aromatic N) is 2. The zero-order valence-electron chi connectivity index (χ0n) is 10.0. The standard InChI is InChI=1S/C10H12N4O5/c1-6(15)11-2-3-12-9-4-7(10(16)17)8(5-13-9)14(18)19/h4-5H,2-3H2,1H3,(H,11,15)(H,12,13)(H,16,17). The predicted octanol–water partition coefficient (Wildman–Crippen LogP) is 0.236. The molecule has 1 amide bonds. The summed E-state index contributed by atoms with van der Waals surface area (Å²) in [7, 11) is 0. The van der Waals surface area contributed by atoms with Gasteiger partial charge in [-0.1, -0.05) is 0 Å². The lowest BCUT2D eigenvalue weighted by molar-refractivity contribution is -0.385. The van der Waals surface area contributed by atoms with Gasteiger partial charge in [-0.15, -0.1) is 0 Å². The molecule has 9 nitrogen and oxygen atoms in total. The molecule has 102 valence electrons. The molecule has 0 saturated carbocycles. The Labute approximate surface area is 107 Å². The third-order valence-corrected chi connectivity index (χ3v) is 2.12. The van der Waals surface area contributed by atoms with E-state index in [1.807, 2.05) is 0 Å². The maximum absolute atomic E-state index is 10.9. The van der Waals surface area contributed by atoms with Gasteiger partial charge in [-0.2, -0.15) is 0 Å². The molecule has 0 unspecified atom stereocenters. The lowest BCUT2D eigenvalue weighted by Gasteiger charge is -2.06. The van der Waals surface area contributed by atoms with Gasteiger partial charge in [0.05, 0.1) is 4.92 Å². The van der Waals surface area contributed by atoms with Crippen LogP contribution in [0.25, 0.3) is 0 Å². The molecule has 0 aromatic carbocycles. The number of aromatic nitrogens is 1. The highest BCUT2D eigenvalue weighted by atomic mass is 16.6. The van der Waals surface area contributed by atoms with E-state index in [4.69, 9.17) is 5.11 Å². The third kappa shape index (κ3) is 4.22. The molecule has 1 heterocycles. The first-order chi connectivity index (χ1) is 8.91. The average Bonchev–Trinajstić information content (AvgIpc) is 2.33. The zero-order valence-corrected chi connectivity index (χ0v) is 10.0. The lowest BCUT2D eigenvalue weighted by Crippen LogP contribution is -2.26. The van der Waals surface area contributed by atoms with Crippen molar-refractivity contribution in [3.05, 3.63) is 27.9 Å². The summed E-state index contributed by atoms with van der Waals surface area (Å²) < 4.78 is 0. The molecule has 1 aromatic rings. The van der Waals surface area contributed by atoms with Crippen molar-refractivity contribution in [2.24, 2.45) is 0 Å². The summed E-state index contributed by atoms with van der Waals surface area (Å²) in [6.45, 7) is 2.02. The number of anilines is 1. The maximum atomic E-state index is 10.9. The highest BCUT2D eigenvalue weighted by Crippen LogP contribution is 2.19. The molecule has 0 fully saturated rings. The van der Waals surface area contributed by atoms with E-state index in [1.165, 1.54) is 6.92 Å². The number of carboxylic acid groups (broad SMARTS) is 1. The highest BCUT2D eigenvalue weighted by molar-refractivity contribution is 5.93. The smallest absolute Gasteiger partial charge is 0.342 e. The second-order valence-corrected chi connectivity index (χ2v) is 3.56. The summed E-state index contributed by atoms with van der Waals surface area (Å²) in [6, 6.07) is 1.08. The van der Waals surface area contributed by atoms with Crippen LogP contribution in [-0.4, -0.2) is 40.0 Å². The second kappa shape index (κ2) is 6.28. The number of carbonyl (C=O) groups excluding carboxylic acids is 1. The van der Waals surface area contributed by atoms with Crippen LogP contribution < -0.4 is 10.6 Å². The molecule has 0 aliphatic heterocycles. The predicted molar refractivity (Wildman–Crippen MR) is 65.0 cm³/mol. The van der Waals surface area contributed by atoms with E-state index in [1.54, 1.807) is 0 Å². The van der Waals surface area contributed by atoms with Gasteiger partial charge in [-0.05, 0) is 0 Å². The molecule has 0 saturated heterocycles. The topological polar surface area (TPSA) is 134 Å². The molecule has 19 heavy (non-hydrogen) atoms. The van der Waals surface area contributed by atoms with Gasteiger partial charge < -0.3 is 15.7 Å². The first-order valence-electron chi connectivity index (χ1n) is 5.28. The van der Waals surface area contributed by atoms with Crippen LogP contribution in [0.3, 0.4) is 0 Å². The van der Waals surface area contributed by atoms with Crippen LogP contribution in [0.15, 0.2) is 12.3 Å². The van der Waals surface area contributed by atoms with Crippen LogP contribution in [0.4, 0.5) is 11.5 Å². The summed E-state index contributed by atoms with van der Waals surface area (Å²) in [6.07, 6.45) is 0.879. The first-order valence-corrected chi connectivity index (χ1v) is 5.28. The molecular formula is C10H12N4O5. The fraction of sp³-hybridized carbons (Fsp3) is 0.300. The van der Waals surface area contributed by atoms with Crippen LogP contribution >= 0.6 is 0 Å². The minimum atomic E-state index is -1.40. The van der Waals surface area contributed by atoms with Gasteiger partial charge in [0.2, 0.25) is 5.91 Å².